The number of rotatable bonds is 2. The summed E-state index contributed by atoms with van der Waals surface area (Å²) in [6.45, 7) is 2.32. The Kier molecular flexibility index (Phi) is 2.44. The molecule has 0 spiro atoms. The summed E-state index contributed by atoms with van der Waals surface area (Å²) in [5.41, 5.74) is 6.95. The number of pyridine rings is 1. The van der Waals surface area contributed by atoms with Crippen molar-refractivity contribution >= 4 is 11.5 Å². The van der Waals surface area contributed by atoms with Crippen LogP contribution in [0.4, 0.5) is 5.69 Å². The molecule has 7 nitrogen and oxygen atoms in total. The van der Waals surface area contributed by atoms with Crippen LogP contribution >= 0.6 is 0 Å². The minimum absolute atomic E-state index is 0.0161. The van der Waals surface area contributed by atoms with E-state index in [0.29, 0.717) is 12.2 Å². The number of anilines is 1. The fraction of sp³-hybridized carbons (Fsp3) is 0.273. The molecule has 0 saturated heterocycles. The summed E-state index contributed by atoms with van der Waals surface area (Å²) in [7, 11) is 0. The molecule has 18 heavy (non-hydrogen) atoms. The molecule has 3 N–H and O–H groups in total. The number of hydrogen-bond donors (Lipinski definition) is 2. The van der Waals surface area contributed by atoms with Gasteiger partial charge >= 0.3 is 0 Å². The molecule has 3 rings (SSSR count). The summed E-state index contributed by atoms with van der Waals surface area (Å²) in [4.78, 5) is 6.28. The van der Waals surface area contributed by atoms with E-state index >= 15 is 0 Å². The van der Waals surface area contributed by atoms with E-state index in [4.69, 9.17) is 11.1 Å². The van der Waals surface area contributed by atoms with Crippen LogP contribution < -0.4 is 10.6 Å². The molecule has 92 valence electrons. The molecule has 0 saturated carbocycles. The third-order valence-electron chi connectivity index (χ3n) is 3.02. The Balaban J connectivity index is 1.95. The SMILES string of the molecule is N=C(N)c1ncccc1N1CCn2cnnc2C1. The van der Waals surface area contributed by atoms with E-state index in [2.05, 4.69) is 20.1 Å². The van der Waals surface area contributed by atoms with Gasteiger partial charge in [0.2, 0.25) is 0 Å². The first-order valence-electron chi connectivity index (χ1n) is 5.67. The molecule has 0 aromatic carbocycles. The van der Waals surface area contributed by atoms with Crippen LogP contribution in [0.25, 0.3) is 0 Å². The van der Waals surface area contributed by atoms with E-state index in [-0.39, 0.29) is 5.84 Å². The van der Waals surface area contributed by atoms with Gasteiger partial charge in [0.1, 0.15) is 17.9 Å². The van der Waals surface area contributed by atoms with Gasteiger partial charge in [-0.15, -0.1) is 10.2 Å². The number of nitrogens with zero attached hydrogens (tertiary/aromatic N) is 5. The Bertz CT molecular complexity index is 589. The van der Waals surface area contributed by atoms with Crippen molar-refractivity contribution in [2.24, 2.45) is 5.73 Å². The highest BCUT2D eigenvalue weighted by atomic mass is 15.3. The standard InChI is InChI=1S/C11H13N7/c12-11(13)10-8(2-1-3-14-10)17-4-5-18-7-15-16-9(18)6-17/h1-3,7H,4-6H2,(H3,12,13). The summed E-state index contributed by atoms with van der Waals surface area (Å²) in [6, 6.07) is 3.77. The van der Waals surface area contributed by atoms with E-state index in [9.17, 15) is 0 Å². The van der Waals surface area contributed by atoms with Gasteiger partial charge in [-0.05, 0) is 12.1 Å². The van der Waals surface area contributed by atoms with Crippen molar-refractivity contribution in [1.82, 2.24) is 19.7 Å². The molecule has 7 heteroatoms. The van der Waals surface area contributed by atoms with Gasteiger partial charge in [-0.2, -0.15) is 0 Å². The van der Waals surface area contributed by atoms with Crippen molar-refractivity contribution < 1.29 is 0 Å². The van der Waals surface area contributed by atoms with Crippen molar-refractivity contribution in [3.8, 4) is 0 Å². The predicted octanol–water partition coefficient (Wildman–Crippen LogP) is -0.0226. The average Bonchev–Trinajstić information content (AvgIpc) is 2.85. The minimum Gasteiger partial charge on any atom is -0.382 e. The smallest absolute Gasteiger partial charge is 0.152 e. The number of nitrogens with one attached hydrogen (secondary N) is 1. The number of hydrogen-bond acceptors (Lipinski definition) is 5. The van der Waals surface area contributed by atoms with Crippen molar-refractivity contribution in [3.05, 3.63) is 36.2 Å². The number of aromatic nitrogens is 4. The maximum absolute atomic E-state index is 7.57. The van der Waals surface area contributed by atoms with Gasteiger partial charge in [-0.3, -0.25) is 10.4 Å². The van der Waals surface area contributed by atoms with E-state index in [1.54, 1.807) is 12.5 Å². The number of nitrogens with two attached hydrogens (primary N) is 1. The molecular formula is C11H13N7. The zero-order chi connectivity index (χ0) is 12.5. The lowest BCUT2D eigenvalue weighted by Gasteiger charge is -2.29. The van der Waals surface area contributed by atoms with Gasteiger partial charge in [-0.25, -0.2) is 0 Å². The molecule has 2 aromatic rings. The molecule has 0 unspecified atom stereocenters. The average molecular weight is 243 g/mol. The second-order valence-corrected chi connectivity index (χ2v) is 4.15. The van der Waals surface area contributed by atoms with Crippen LogP contribution in [0.15, 0.2) is 24.7 Å². The zero-order valence-electron chi connectivity index (χ0n) is 9.74. The number of amidine groups is 1. The van der Waals surface area contributed by atoms with E-state index < -0.39 is 0 Å². The number of nitrogen functional groups attached to an aromatic ring is 1. The maximum atomic E-state index is 7.57. The molecular weight excluding hydrogens is 230 g/mol. The normalized spacial score (nSPS) is 14.3. The van der Waals surface area contributed by atoms with Crippen LogP contribution in [0.1, 0.15) is 11.5 Å². The van der Waals surface area contributed by atoms with Crippen molar-refractivity contribution in [3.63, 3.8) is 0 Å². The Morgan fingerprint density at radius 2 is 2.28 bits per heavy atom. The Hall–Kier alpha value is -2.44. The van der Waals surface area contributed by atoms with Gasteiger partial charge in [0.05, 0.1) is 12.2 Å². The maximum Gasteiger partial charge on any atom is 0.152 e. The molecule has 1 aliphatic rings. The van der Waals surface area contributed by atoms with Crippen LogP contribution in [0.3, 0.4) is 0 Å². The first kappa shape index (κ1) is 10.7. The van der Waals surface area contributed by atoms with Gasteiger partial charge in [-0.1, -0.05) is 0 Å². The van der Waals surface area contributed by atoms with Crippen LogP contribution in [-0.2, 0) is 13.1 Å². The monoisotopic (exact) mass is 243 g/mol. The van der Waals surface area contributed by atoms with Crippen LogP contribution in [0.2, 0.25) is 0 Å². The highest BCUT2D eigenvalue weighted by molar-refractivity contribution is 5.98. The van der Waals surface area contributed by atoms with Crippen LogP contribution in [-0.4, -0.2) is 32.1 Å². The van der Waals surface area contributed by atoms with E-state index in [0.717, 1.165) is 24.6 Å². The van der Waals surface area contributed by atoms with Gasteiger partial charge < -0.3 is 15.2 Å². The van der Waals surface area contributed by atoms with Crippen LogP contribution in [0, 0.1) is 5.41 Å². The fourth-order valence-corrected chi connectivity index (χ4v) is 2.13. The second-order valence-electron chi connectivity index (χ2n) is 4.15. The van der Waals surface area contributed by atoms with Gasteiger partial charge in [0, 0.05) is 19.3 Å². The Morgan fingerprint density at radius 3 is 3.11 bits per heavy atom. The quantitative estimate of drug-likeness (QED) is 0.570. The first-order valence-corrected chi connectivity index (χ1v) is 5.67. The Morgan fingerprint density at radius 1 is 1.39 bits per heavy atom. The molecule has 0 amide bonds. The minimum atomic E-state index is -0.0161. The lowest BCUT2D eigenvalue weighted by Crippen LogP contribution is -2.35. The summed E-state index contributed by atoms with van der Waals surface area (Å²) >= 11 is 0. The van der Waals surface area contributed by atoms with Crippen molar-refractivity contribution in [2.75, 3.05) is 11.4 Å². The topological polar surface area (TPSA) is 96.7 Å². The lowest BCUT2D eigenvalue weighted by molar-refractivity contribution is 0.559. The van der Waals surface area contributed by atoms with Crippen molar-refractivity contribution in [1.29, 1.82) is 5.41 Å². The zero-order valence-corrected chi connectivity index (χ0v) is 9.74. The number of fused-ring (bicyclic) bond motifs is 1. The molecule has 1 aliphatic heterocycles. The summed E-state index contributed by atoms with van der Waals surface area (Å²) in [6.07, 6.45) is 3.38. The highest BCUT2D eigenvalue weighted by Gasteiger charge is 2.20. The van der Waals surface area contributed by atoms with Gasteiger partial charge in [0.25, 0.3) is 0 Å². The second kappa shape index (κ2) is 4.10. The summed E-state index contributed by atoms with van der Waals surface area (Å²) in [5, 5.41) is 15.5. The van der Waals surface area contributed by atoms with Crippen LogP contribution in [0.5, 0.6) is 0 Å². The highest BCUT2D eigenvalue weighted by Crippen LogP contribution is 2.22. The van der Waals surface area contributed by atoms with E-state index in [1.807, 2.05) is 16.7 Å². The summed E-state index contributed by atoms with van der Waals surface area (Å²) < 4.78 is 2.03. The Labute approximate surface area is 104 Å². The van der Waals surface area contributed by atoms with Crippen molar-refractivity contribution in [2.45, 2.75) is 13.1 Å². The molecule has 0 bridgehead atoms. The fourth-order valence-electron chi connectivity index (χ4n) is 2.13. The first-order chi connectivity index (χ1) is 8.75. The largest absolute Gasteiger partial charge is 0.382 e. The molecule has 2 aromatic heterocycles. The molecule has 0 fully saturated rings. The molecule has 3 heterocycles. The summed E-state index contributed by atoms with van der Waals surface area (Å²) in [5.74, 6) is 0.900. The third-order valence-corrected chi connectivity index (χ3v) is 3.02. The molecule has 0 atom stereocenters. The molecule has 0 radical (unpaired) electrons. The third kappa shape index (κ3) is 1.69. The molecule has 0 aliphatic carbocycles. The van der Waals surface area contributed by atoms with Gasteiger partial charge in [0.15, 0.2) is 5.82 Å². The van der Waals surface area contributed by atoms with E-state index in [1.165, 1.54) is 0 Å². The lowest BCUT2D eigenvalue weighted by atomic mass is 10.2. The predicted molar refractivity (Wildman–Crippen MR) is 66.3 cm³/mol.